The lowest BCUT2D eigenvalue weighted by Gasteiger charge is -2.38. The van der Waals surface area contributed by atoms with Gasteiger partial charge in [-0.25, -0.2) is 9.78 Å². The zero-order valence-electron chi connectivity index (χ0n) is 17.5. The highest BCUT2D eigenvalue weighted by atomic mass is 32.2. The van der Waals surface area contributed by atoms with Gasteiger partial charge in [-0.15, -0.1) is 23.1 Å². The number of ether oxygens (including phenoxy) is 1. The number of fused-ring (bicyclic) bond motifs is 1. The van der Waals surface area contributed by atoms with Gasteiger partial charge in [-0.2, -0.15) is 0 Å². The van der Waals surface area contributed by atoms with Gasteiger partial charge in [0.2, 0.25) is 5.91 Å². The molecule has 0 aliphatic carbocycles. The molecule has 5 nitrogen and oxygen atoms in total. The van der Waals surface area contributed by atoms with Crippen molar-refractivity contribution >= 4 is 41.1 Å². The van der Waals surface area contributed by atoms with E-state index >= 15 is 0 Å². The molecule has 0 saturated carbocycles. The largest absolute Gasteiger partial charge is 0.451 e. The van der Waals surface area contributed by atoms with Crippen molar-refractivity contribution in [3.63, 3.8) is 0 Å². The number of thiazole rings is 1. The topological polar surface area (TPSA) is 59.5 Å². The van der Waals surface area contributed by atoms with E-state index in [2.05, 4.69) is 4.98 Å². The van der Waals surface area contributed by atoms with Crippen molar-refractivity contribution in [3.05, 3.63) is 94.5 Å². The van der Waals surface area contributed by atoms with E-state index in [1.165, 1.54) is 11.3 Å². The summed E-state index contributed by atoms with van der Waals surface area (Å²) in [6.45, 7) is 2.00. The number of esters is 1. The molecule has 1 amide bonds. The molecule has 3 atom stereocenters. The number of carbonyl (C=O) groups excluding carboxylic acids is 2. The van der Waals surface area contributed by atoms with Crippen LogP contribution in [0, 0.1) is 0 Å². The van der Waals surface area contributed by atoms with Crippen molar-refractivity contribution in [2.75, 3.05) is 0 Å². The lowest BCUT2D eigenvalue weighted by atomic mass is 9.95. The Bertz CT molecular complexity index is 1100. The van der Waals surface area contributed by atoms with Gasteiger partial charge in [-0.3, -0.25) is 4.79 Å². The van der Waals surface area contributed by atoms with E-state index < -0.39 is 22.9 Å². The third kappa shape index (κ3) is 3.87. The summed E-state index contributed by atoms with van der Waals surface area (Å²) in [6.07, 6.45) is 5.59. The molecule has 2 aromatic carbocycles. The molecule has 2 aliphatic rings. The summed E-state index contributed by atoms with van der Waals surface area (Å²) in [5, 5.41) is 2.78. The number of hydrogen-bond acceptors (Lipinski definition) is 6. The van der Waals surface area contributed by atoms with Crippen LogP contribution in [0.4, 0.5) is 0 Å². The first-order valence-corrected chi connectivity index (χ1v) is 12.2. The Morgan fingerprint density at radius 3 is 2.38 bits per heavy atom. The van der Waals surface area contributed by atoms with E-state index in [4.69, 9.17) is 4.74 Å². The van der Waals surface area contributed by atoms with Gasteiger partial charge in [0.1, 0.15) is 11.0 Å². The fourth-order valence-corrected chi connectivity index (χ4v) is 6.42. The number of carbonyl (C=O) groups is 2. The summed E-state index contributed by atoms with van der Waals surface area (Å²) in [5.74, 6) is -0.399. The Labute approximate surface area is 195 Å². The number of benzene rings is 2. The van der Waals surface area contributed by atoms with Crippen molar-refractivity contribution in [1.82, 2.24) is 9.88 Å². The molecule has 0 N–H and O–H groups in total. The zero-order chi connectivity index (χ0) is 22.1. The summed E-state index contributed by atoms with van der Waals surface area (Å²) in [6, 6.07) is 18.7. The van der Waals surface area contributed by atoms with Gasteiger partial charge < -0.3 is 9.64 Å². The molecular weight excluding hydrogens is 440 g/mol. The molecule has 1 aromatic heterocycles. The number of nitrogens with zero attached hydrogens (tertiary/aromatic N) is 2. The number of amides is 1. The molecular formula is C25H22N2O3S2. The molecule has 0 spiro atoms. The standard InChI is InChI=1S/C25H22N2O3S2/c1-25(13-12-19-26-14-15-31-19)23(27-20(28)16-21(27)32-25)24(29)30-22(17-8-4-2-5-9-17)18-10-6-3-7-11-18/h2-15,21-23H,16H2,1H3/b13-12-/t21-,23+,25+/m1/s1. The normalized spacial score (nSPS) is 24.6. The van der Waals surface area contributed by atoms with Gasteiger partial charge in [0, 0.05) is 11.6 Å². The summed E-state index contributed by atoms with van der Waals surface area (Å²) in [5.41, 5.74) is 1.79. The number of thioether (sulfide) groups is 1. The molecule has 2 aliphatic heterocycles. The first kappa shape index (κ1) is 21.0. The Morgan fingerprint density at radius 2 is 1.81 bits per heavy atom. The smallest absolute Gasteiger partial charge is 0.331 e. The van der Waals surface area contributed by atoms with Gasteiger partial charge in [-0.1, -0.05) is 66.7 Å². The second kappa shape index (κ2) is 8.56. The summed E-state index contributed by atoms with van der Waals surface area (Å²) < 4.78 is 5.55. The number of rotatable bonds is 6. The SMILES string of the molecule is C[C@@]1(/C=C\c2nccs2)S[C@@H]2CC(=O)N2[C@H]1C(=O)OC(c1ccccc1)c1ccccc1. The lowest BCUT2D eigenvalue weighted by Crippen LogP contribution is -2.57. The Morgan fingerprint density at radius 1 is 1.16 bits per heavy atom. The molecule has 7 heteroatoms. The van der Waals surface area contributed by atoms with Crippen LogP contribution in [0.5, 0.6) is 0 Å². The van der Waals surface area contributed by atoms with Crippen LogP contribution in [0.15, 0.2) is 78.3 Å². The average Bonchev–Trinajstić information content (AvgIpc) is 3.41. The Hall–Kier alpha value is -2.90. The second-order valence-corrected chi connectivity index (χ2v) is 10.6. The van der Waals surface area contributed by atoms with E-state index in [0.717, 1.165) is 16.1 Å². The van der Waals surface area contributed by atoms with Crippen molar-refractivity contribution < 1.29 is 14.3 Å². The predicted octanol–water partition coefficient (Wildman–Crippen LogP) is 4.92. The highest BCUT2D eigenvalue weighted by molar-refractivity contribution is 8.01. The summed E-state index contributed by atoms with van der Waals surface area (Å²) in [4.78, 5) is 32.1. The van der Waals surface area contributed by atoms with E-state index in [-0.39, 0.29) is 11.3 Å². The zero-order valence-corrected chi connectivity index (χ0v) is 19.1. The van der Waals surface area contributed by atoms with E-state index in [9.17, 15) is 9.59 Å². The van der Waals surface area contributed by atoms with Crippen LogP contribution in [-0.4, -0.2) is 37.9 Å². The molecule has 0 radical (unpaired) electrons. The summed E-state index contributed by atoms with van der Waals surface area (Å²) >= 11 is 3.17. The van der Waals surface area contributed by atoms with Crippen LogP contribution >= 0.6 is 23.1 Å². The minimum Gasteiger partial charge on any atom is -0.451 e. The van der Waals surface area contributed by atoms with Crippen LogP contribution in [0.1, 0.15) is 35.6 Å². The highest BCUT2D eigenvalue weighted by Crippen LogP contribution is 2.52. The molecule has 3 heterocycles. The van der Waals surface area contributed by atoms with Crippen molar-refractivity contribution in [3.8, 4) is 0 Å². The average molecular weight is 463 g/mol. The molecule has 0 unspecified atom stereocenters. The second-order valence-electron chi connectivity index (χ2n) is 8.01. The predicted molar refractivity (Wildman–Crippen MR) is 127 cm³/mol. The van der Waals surface area contributed by atoms with Crippen LogP contribution in [-0.2, 0) is 14.3 Å². The van der Waals surface area contributed by atoms with E-state index in [1.54, 1.807) is 22.9 Å². The maximum absolute atomic E-state index is 13.6. The van der Waals surface area contributed by atoms with Crippen molar-refractivity contribution in [1.29, 1.82) is 0 Å². The third-order valence-corrected chi connectivity index (χ3v) is 8.10. The van der Waals surface area contributed by atoms with Crippen LogP contribution in [0.2, 0.25) is 0 Å². The lowest BCUT2D eigenvalue weighted by molar-refractivity contribution is -0.163. The van der Waals surface area contributed by atoms with Gasteiger partial charge in [0.15, 0.2) is 6.10 Å². The summed E-state index contributed by atoms with van der Waals surface area (Å²) in [7, 11) is 0. The number of β-lactam (4-membered cyclic amide) rings is 1. The minimum atomic E-state index is -0.690. The third-order valence-electron chi connectivity index (χ3n) is 5.83. The first-order chi connectivity index (χ1) is 15.5. The minimum absolute atomic E-state index is 0.00195. The Balaban J connectivity index is 1.46. The van der Waals surface area contributed by atoms with Crippen LogP contribution < -0.4 is 0 Å². The maximum atomic E-state index is 13.6. The van der Waals surface area contributed by atoms with Crippen molar-refractivity contribution in [2.24, 2.45) is 0 Å². The molecule has 5 rings (SSSR count). The van der Waals surface area contributed by atoms with Crippen LogP contribution in [0.3, 0.4) is 0 Å². The molecule has 2 fully saturated rings. The number of aromatic nitrogens is 1. The quantitative estimate of drug-likeness (QED) is 0.384. The van der Waals surface area contributed by atoms with Gasteiger partial charge >= 0.3 is 5.97 Å². The molecule has 0 bridgehead atoms. The monoisotopic (exact) mass is 462 g/mol. The van der Waals surface area contributed by atoms with Gasteiger partial charge in [-0.05, 0) is 24.1 Å². The molecule has 162 valence electrons. The van der Waals surface area contributed by atoms with Gasteiger partial charge in [0.25, 0.3) is 0 Å². The number of hydrogen-bond donors (Lipinski definition) is 0. The van der Waals surface area contributed by atoms with Gasteiger partial charge in [0.05, 0.1) is 16.5 Å². The van der Waals surface area contributed by atoms with E-state index in [0.29, 0.717) is 6.42 Å². The highest BCUT2D eigenvalue weighted by Gasteiger charge is 2.60. The fraction of sp³-hybridized carbons (Fsp3) is 0.240. The molecule has 2 saturated heterocycles. The first-order valence-electron chi connectivity index (χ1n) is 10.4. The fourth-order valence-electron chi connectivity index (χ4n) is 4.24. The van der Waals surface area contributed by atoms with E-state index in [1.807, 2.05) is 85.1 Å². The van der Waals surface area contributed by atoms with Crippen molar-refractivity contribution in [2.45, 2.75) is 35.6 Å². The van der Waals surface area contributed by atoms with Crippen LogP contribution in [0.25, 0.3) is 6.08 Å². The Kier molecular flexibility index (Phi) is 5.61. The maximum Gasteiger partial charge on any atom is 0.331 e. The molecule has 32 heavy (non-hydrogen) atoms. The molecule has 3 aromatic rings.